The van der Waals surface area contributed by atoms with Gasteiger partial charge in [0, 0.05) is 17.0 Å². The lowest BCUT2D eigenvalue weighted by atomic mass is 10.0. The van der Waals surface area contributed by atoms with Crippen molar-refractivity contribution in [3.8, 4) is 22.6 Å². The topological polar surface area (TPSA) is 82.5 Å². The van der Waals surface area contributed by atoms with Crippen LogP contribution in [0.5, 0.6) is 11.5 Å². The molecule has 0 fully saturated rings. The second kappa shape index (κ2) is 10.3. The zero-order chi connectivity index (χ0) is 25.1. The molecule has 0 saturated heterocycles. The van der Waals surface area contributed by atoms with Crippen LogP contribution in [0.1, 0.15) is 29.0 Å². The number of benzene rings is 2. The van der Waals surface area contributed by atoms with Crippen molar-refractivity contribution in [1.82, 2.24) is 14.9 Å². The summed E-state index contributed by atoms with van der Waals surface area (Å²) in [5.74, 6) is 1.06. The highest BCUT2D eigenvalue weighted by Gasteiger charge is 2.21. The number of hydrogen-bond acceptors (Lipinski definition) is 6. The molecule has 0 bridgehead atoms. The molecular formula is C27H29N3O4S. The molecule has 0 saturated carbocycles. The molecule has 1 unspecified atom stereocenters. The van der Waals surface area contributed by atoms with Crippen molar-refractivity contribution >= 4 is 27.5 Å². The van der Waals surface area contributed by atoms with Crippen molar-refractivity contribution in [2.24, 2.45) is 0 Å². The van der Waals surface area contributed by atoms with E-state index in [0.717, 1.165) is 27.1 Å². The first kappa shape index (κ1) is 24.5. The fraction of sp³-hybridized carbons (Fsp3) is 0.296. The van der Waals surface area contributed by atoms with E-state index in [1.807, 2.05) is 56.3 Å². The third-order valence-corrected chi connectivity index (χ3v) is 7.12. The van der Waals surface area contributed by atoms with Crippen LogP contribution in [0.4, 0.5) is 0 Å². The summed E-state index contributed by atoms with van der Waals surface area (Å²) in [6.45, 7) is 6.17. The fourth-order valence-electron chi connectivity index (χ4n) is 4.10. The Hall–Kier alpha value is -3.65. The van der Waals surface area contributed by atoms with Crippen LogP contribution in [0.3, 0.4) is 0 Å². The van der Waals surface area contributed by atoms with Gasteiger partial charge in [0.1, 0.15) is 10.9 Å². The summed E-state index contributed by atoms with van der Waals surface area (Å²) >= 11 is 1.49. The maximum absolute atomic E-state index is 13.5. The number of fused-ring (bicyclic) bond motifs is 1. The first-order valence-corrected chi connectivity index (χ1v) is 12.2. The van der Waals surface area contributed by atoms with Gasteiger partial charge in [0.2, 0.25) is 5.91 Å². The SMILES string of the molecule is COc1ccc(CCNC(=O)C(C)n2cnc3sc(C)c(-c4ccc(C)cc4)c3c2=O)cc1OC. The first-order chi connectivity index (χ1) is 16.8. The number of thiophene rings is 1. The Morgan fingerprint density at radius 3 is 2.49 bits per heavy atom. The van der Waals surface area contributed by atoms with Gasteiger partial charge in [-0.1, -0.05) is 35.9 Å². The summed E-state index contributed by atoms with van der Waals surface area (Å²) in [6, 6.07) is 13.1. The zero-order valence-corrected chi connectivity index (χ0v) is 21.4. The average Bonchev–Trinajstić information content (AvgIpc) is 3.20. The highest BCUT2D eigenvalue weighted by Crippen LogP contribution is 2.35. The summed E-state index contributed by atoms with van der Waals surface area (Å²) in [6.07, 6.45) is 2.09. The molecule has 0 radical (unpaired) electrons. The molecular weight excluding hydrogens is 462 g/mol. The number of hydrogen-bond donors (Lipinski definition) is 1. The number of methoxy groups -OCH3 is 2. The van der Waals surface area contributed by atoms with Crippen LogP contribution in [-0.2, 0) is 11.2 Å². The molecule has 2 aromatic heterocycles. The van der Waals surface area contributed by atoms with E-state index in [-0.39, 0.29) is 11.5 Å². The number of nitrogens with zero attached hydrogens (tertiary/aromatic N) is 2. The number of aromatic nitrogens is 2. The standard InChI is InChI=1S/C27H29N3O4S/c1-16-6-9-20(10-7-16)23-18(3)35-26-24(23)27(32)30(15-29-26)17(2)25(31)28-13-12-19-8-11-21(33-4)22(14-19)34-5/h6-11,14-15,17H,12-13H2,1-5H3,(H,28,31). The number of amides is 1. The van der Waals surface area contributed by atoms with E-state index < -0.39 is 6.04 Å². The van der Waals surface area contributed by atoms with E-state index in [4.69, 9.17) is 9.47 Å². The molecule has 182 valence electrons. The normalized spacial score (nSPS) is 11.9. The minimum Gasteiger partial charge on any atom is -0.493 e. The molecule has 0 aliphatic heterocycles. The van der Waals surface area contributed by atoms with Gasteiger partial charge in [0.05, 0.1) is 25.9 Å². The fourth-order valence-corrected chi connectivity index (χ4v) is 5.10. The first-order valence-electron chi connectivity index (χ1n) is 11.4. The van der Waals surface area contributed by atoms with E-state index in [0.29, 0.717) is 34.7 Å². The van der Waals surface area contributed by atoms with E-state index in [1.54, 1.807) is 21.1 Å². The van der Waals surface area contributed by atoms with Gasteiger partial charge in [-0.05, 0) is 50.5 Å². The van der Waals surface area contributed by atoms with Gasteiger partial charge in [-0.15, -0.1) is 11.3 Å². The molecule has 35 heavy (non-hydrogen) atoms. The lowest BCUT2D eigenvalue weighted by Gasteiger charge is -2.15. The summed E-state index contributed by atoms with van der Waals surface area (Å²) < 4.78 is 12.0. The highest BCUT2D eigenvalue weighted by molar-refractivity contribution is 7.19. The van der Waals surface area contributed by atoms with Crippen LogP contribution in [0, 0.1) is 13.8 Å². The Bertz CT molecular complexity index is 1420. The van der Waals surface area contributed by atoms with Gasteiger partial charge in [-0.3, -0.25) is 14.2 Å². The molecule has 7 nitrogen and oxygen atoms in total. The molecule has 2 aromatic carbocycles. The largest absolute Gasteiger partial charge is 0.493 e. The number of carbonyl (C=O) groups is 1. The Morgan fingerprint density at radius 2 is 1.80 bits per heavy atom. The van der Waals surface area contributed by atoms with Crippen molar-refractivity contribution < 1.29 is 14.3 Å². The Balaban J connectivity index is 1.53. The van der Waals surface area contributed by atoms with Crippen LogP contribution in [0.15, 0.2) is 53.6 Å². The zero-order valence-electron chi connectivity index (χ0n) is 20.5. The lowest BCUT2D eigenvalue weighted by Crippen LogP contribution is -2.36. The monoisotopic (exact) mass is 491 g/mol. The molecule has 8 heteroatoms. The minimum absolute atomic E-state index is 0.211. The molecule has 4 rings (SSSR count). The van der Waals surface area contributed by atoms with Crippen LogP contribution in [0.2, 0.25) is 0 Å². The van der Waals surface area contributed by atoms with Crippen LogP contribution in [-0.4, -0.2) is 36.2 Å². The highest BCUT2D eigenvalue weighted by atomic mass is 32.1. The van der Waals surface area contributed by atoms with Crippen molar-refractivity contribution in [2.75, 3.05) is 20.8 Å². The quantitative estimate of drug-likeness (QED) is 0.387. The Labute approximate surface area is 208 Å². The Morgan fingerprint density at radius 1 is 1.09 bits per heavy atom. The number of rotatable bonds is 8. The molecule has 0 spiro atoms. The van der Waals surface area contributed by atoms with Crippen molar-refractivity contribution in [3.05, 3.63) is 75.1 Å². The van der Waals surface area contributed by atoms with Gasteiger partial charge in [0.25, 0.3) is 5.56 Å². The van der Waals surface area contributed by atoms with Gasteiger partial charge >= 0.3 is 0 Å². The molecule has 4 aromatic rings. The minimum atomic E-state index is -0.698. The van der Waals surface area contributed by atoms with Gasteiger partial charge in [-0.25, -0.2) is 4.98 Å². The van der Waals surface area contributed by atoms with E-state index in [1.165, 1.54) is 22.2 Å². The van der Waals surface area contributed by atoms with Gasteiger partial charge in [0.15, 0.2) is 11.5 Å². The maximum atomic E-state index is 13.5. The van der Waals surface area contributed by atoms with E-state index >= 15 is 0 Å². The number of nitrogens with one attached hydrogen (secondary N) is 1. The van der Waals surface area contributed by atoms with E-state index in [2.05, 4.69) is 10.3 Å². The second-order valence-electron chi connectivity index (χ2n) is 8.44. The maximum Gasteiger partial charge on any atom is 0.263 e. The van der Waals surface area contributed by atoms with Crippen LogP contribution >= 0.6 is 11.3 Å². The summed E-state index contributed by atoms with van der Waals surface area (Å²) in [4.78, 5) is 32.6. The van der Waals surface area contributed by atoms with Crippen molar-refractivity contribution in [2.45, 2.75) is 33.2 Å². The van der Waals surface area contributed by atoms with Crippen LogP contribution < -0.4 is 20.3 Å². The van der Waals surface area contributed by atoms with Crippen molar-refractivity contribution in [3.63, 3.8) is 0 Å². The summed E-state index contributed by atoms with van der Waals surface area (Å²) in [5, 5.41) is 3.49. The van der Waals surface area contributed by atoms with Crippen molar-refractivity contribution in [1.29, 1.82) is 0 Å². The van der Waals surface area contributed by atoms with Crippen LogP contribution in [0.25, 0.3) is 21.3 Å². The third-order valence-electron chi connectivity index (χ3n) is 6.11. The average molecular weight is 492 g/mol. The number of aryl methyl sites for hydroxylation is 2. The van der Waals surface area contributed by atoms with Gasteiger partial charge in [-0.2, -0.15) is 0 Å². The molecule has 0 aliphatic rings. The molecule has 1 atom stereocenters. The van der Waals surface area contributed by atoms with E-state index in [9.17, 15) is 9.59 Å². The molecule has 0 aliphatic carbocycles. The molecule has 1 amide bonds. The van der Waals surface area contributed by atoms with Gasteiger partial charge < -0.3 is 14.8 Å². The number of ether oxygens (including phenoxy) is 2. The summed E-state index contributed by atoms with van der Waals surface area (Å²) in [5.41, 5.74) is 3.81. The summed E-state index contributed by atoms with van der Waals surface area (Å²) in [7, 11) is 3.18. The lowest BCUT2D eigenvalue weighted by molar-refractivity contribution is -0.123. The number of carbonyl (C=O) groups excluding carboxylic acids is 1. The Kier molecular flexibility index (Phi) is 7.21. The smallest absolute Gasteiger partial charge is 0.263 e. The predicted octanol–water partition coefficient (Wildman–Crippen LogP) is 4.68. The third kappa shape index (κ3) is 4.93. The molecule has 2 heterocycles. The molecule has 1 N–H and O–H groups in total. The second-order valence-corrected chi connectivity index (χ2v) is 9.65. The predicted molar refractivity (Wildman–Crippen MR) is 140 cm³/mol.